The molecule has 0 N–H and O–H groups in total. The molecule has 2 rings (SSSR count). The SMILES string of the molecule is COCc1cccc(C(=O)N(C)CCOc2ccccc2F)c1. The molecule has 5 heteroatoms. The fourth-order valence-electron chi connectivity index (χ4n) is 2.14. The fraction of sp³-hybridized carbons (Fsp3) is 0.278. The van der Waals surface area contributed by atoms with Crippen LogP contribution in [0, 0.1) is 5.82 Å². The Morgan fingerprint density at radius 3 is 2.70 bits per heavy atom. The number of likely N-dealkylation sites (N-methyl/N-ethyl adjacent to an activating group) is 1. The highest BCUT2D eigenvalue weighted by Gasteiger charge is 2.12. The van der Waals surface area contributed by atoms with Crippen molar-refractivity contribution in [1.29, 1.82) is 0 Å². The maximum atomic E-state index is 13.4. The number of halogens is 1. The lowest BCUT2D eigenvalue weighted by Crippen LogP contribution is -2.31. The molecule has 2 aromatic rings. The molecule has 0 saturated heterocycles. The smallest absolute Gasteiger partial charge is 0.253 e. The topological polar surface area (TPSA) is 38.8 Å². The molecule has 0 unspecified atom stereocenters. The van der Waals surface area contributed by atoms with Crippen molar-refractivity contribution in [3.05, 3.63) is 65.5 Å². The Morgan fingerprint density at radius 1 is 1.17 bits per heavy atom. The third-order valence-corrected chi connectivity index (χ3v) is 3.35. The van der Waals surface area contributed by atoms with Gasteiger partial charge in [0.2, 0.25) is 0 Å². The molecule has 0 aliphatic rings. The van der Waals surface area contributed by atoms with E-state index in [0.29, 0.717) is 18.7 Å². The summed E-state index contributed by atoms with van der Waals surface area (Å²) < 4.78 is 23.9. The monoisotopic (exact) mass is 317 g/mol. The largest absolute Gasteiger partial charge is 0.489 e. The minimum Gasteiger partial charge on any atom is -0.489 e. The molecular formula is C18H20FNO3. The number of amides is 1. The highest BCUT2D eigenvalue weighted by Crippen LogP contribution is 2.15. The summed E-state index contributed by atoms with van der Waals surface area (Å²) >= 11 is 0. The van der Waals surface area contributed by atoms with Gasteiger partial charge in [0.05, 0.1) is 13.2 Å². The van der Waals surface area contributed by atoms with Gasteiger partial charge in [0.15, 0.2) is 11.6 Å². The van der Waals surface area contributed by atoms with Gasteiger partial charge in [0.25, 0.3) is 5.91 Å². The molecule has 23 heavy (non-hydrogen) atoms. The van der Waals surface area contributed by atoms with Gasteiger partial charge in [-0.1, -0.05) is 24.3 Å². The quantitative estimate of drug-likeness (QED) is 0.787. The first-order chi connectivity index (χ1) is 11.1. The van der Waals surface area contributed by atoms with E-state index in [1.54, 1.807) is 49.4 Å². The number of para-hydroxylation sites is 1. The zero-order valence-corrected chi connectivity index (χ0v) is 13.3. The van der Waals surface area contributed by atoms with E-state index in [4.69, 9.17) is 9.47 Å². The van der Waals surface area contributed by atoms with Crippen LogP contribution >= 0.6 is 0 Å². The first-order valence-corrected chi connectivity index (χ1v) is 7.32. The number of ether oxygens (including phenoxy) is 2. The zero-order chi connectivity index (χ0) is 16.7. The van der Waals surface area contributed by atoms with Gasteiger partial charge in [-0.05, 0) is 29.8 Å². The van der Waals surface area contributed by atoms with E-state index in [-0.39, 0.29) is 18.3 Å². The molecule has 1 amide bonds. The summed E-state index contributed by atoms with van der Waals surface area (Å²) in [4.78, 5) is 13.9. The molecule has 0 bridgehead atoms. The Labute approximate surface area is 135 Å². The molecule has 0 spiro atoms. The van der Waals surface area contributed by atoms with Crippen molar-refractivity contribution in [2.24, 2.45) is 0 Å². The molecule has 0 radical (unpaired) electrons. The molecule has 0 heterocycles. The molecule has 0 aliphatic heterocycles. The van der Waals surface area contributed by atoms with Gasteiger partial charge in [0.1, 0.15) is 6.61 Å². The Balaban J connectivity index is 1.90. The number of hydrogen-bond donors (Lipinski definition) is 0. The number of carbonyl (C=O) groups excluding carboxylic acids is 1. The van der Waals surface area contributed by atoms with Crippen molar-refractivity contribution in [2.75, 3.05) is 27.3 Å². The molecule has 0 atom stereocenters. The molecule has 0 fully saturated rings. The van der Waals surface area contributed by atoms with Crippen LogP contribution in [0.1, 0.15) is 15.9 Å². The third kappa shape index (κ3) is 4.79. The number of hydrogen-bond acceptors (Lipinski definition) is 3. The number of rotatable bonds is 7. The lowest BCUT2D eigenvalue weighted by Gasteiger charge is -2.18. The van der Waals surface area contributed by atoms with Gasteiger partial charge in [0, 0.05) is 19.7 Å². The third-order valence-electron chi connectivity index (χ3n) is 3.35. The minimum absolute atomic E-state index is 0.111. The maximum Gasteiger partial charge on any atom is 0.253 e. The van der Waals surface area contributed by atoms with Crippen molar-refractivity contribution in [1.82, 2.24) is 4.90 Å². The van der Waals surface area contributed by atoms with Crippen LogP contribution < -0.4 is 4.74 Å². The van der Waals surface area contributed by atoms with E-state index in [9.17, 15) is 9.18 Å². The van der Waals surface area contributed by atoms with Crippen LogP contribution in [0.2, 0.25) is 0 Å². The van der Waals surface area contributed by atoms with Gasteiger partial charge >= 0.3 is 0 Å². The lowest BCUT2D eigenvalue weighted by molar-refractivity contribution is 0.0772. The average molecular weight is 317 g/mol. The molecular weight excluding hydrogens is 297 g/mol. The van der Waals surface area contributed by atoms with Crippen LogP contribution in [0.25, 0.3) is 0 Å². The minimum atomic E-state index is -0.409. The molecule has 4 nitrogen and oxygen atoms in total. The Bertz CT molecular complexity index is 660. The Hall–Kier alpha value is -2.40. The summed E-state index contributed by atoms with van der Waals surface area (Å²) in [6.45, 7) is 1.05. The standard InChI is InChI=1S/C18H20FNO3/c1-20(10-11-23-17-9-4-3-8-16(17)19)18(21)15-7-5-6-14(12-15)13-22-2/h3-9,12H,10-11,13H2,1-2H3. The van der Waals surface area contributed by atoms with E-state index < -0.39 is 5.82 Å². The highest BCUT2D eigenvalue weighted by molar-refractivity contribution is 5.94. The average Bonchev–Trinajstić information content (AvgIpc) is 2.56. The van der Waals surface area contributed by atoms with Crippen molar-refractivity contribution in [3.63, 3.8) is 0 Å². The molecule has 0 aromatic heterocycles. The van der Waals surface area contributed by atoms with Crippen molar-refractivity contribution in [2.45, 2.75) is 6.61 Å². The van der Waals surface area contributed by atoms with E-state index in [2.05, 4.69) is 0 Å². The predicted octanol–water partition coefficient (Wildman–Crippen LogP) is 3.12. The first kappa shape index (κ1) is 17.0. The summed E-state index contributed by atoms with van der Waals surface area (Å²) in [7, 11) is 3.30. The van der Waals surface area contributed by atoms with E-state index >= 15 is 0 Å². The summed E-state index contributed by atoms with van der Waals surface area (Å²) in [6.07, 6.45) is 0. The molecule has 122 valence electrons. The summed E-state index contributed by atoms with van der Waals surface area (Å²) in [5, 5.41) is 0. The van der Waals surface area contributed by atoms with Crippen LogP contribution in [0.4, 0.5) is 4.39 Å². The van der Waals surface area contributed by atoms with Gasteiger partial charge in [-0.15, -0.1) is 0 Å². The normalized spacial score (nSPS) is 10.4. The van der Waals surface area contributed by atoms with Crippen LogP contribution in [-0.2, 0) is 11.3 Å². The lowest BCUT2D eigenvalue weighted by atomic mass is 10.1. The Morgan fingerprint density at radius 2 is 1.96 bits per heavy atom. The molecule has 0 saturated carbocycles. The van der Waals surface area contributed by atoms with E-state index in [0.717, 1.165) is 5.56 Å². The Kier molecular flexibility index (Phi) is 6.11. The van der Waals surface area contributed by atoms with Gasteiger partial charge in [-0.25, -0.2) is 4.39 Å². The maximum absolute atomic E-state index is 13.4. The van der Waals surface area contributed by atoms with E-state index in [1.165, 1.54) is 6.07 Å². The van der Waals surface area contributed by atoms with Crippen LogP contribution in [0.5, 0.6) is 5.75 Å². The van der Waals surface area contributed by atoms with Crippen LogP contribution in [0.15, 0.2) is 48.5 Å². The number of carbonyl (C=O) groups is 1. The fourth-order valence-corrected chi connectivity index (χ4v) is 2.14. The zero-order valence-electron chi connectivity index (χ0n) is 13.3. The van der Waals surface area contributed by atoms with Gasteiger partial charge in [-0.2, -0.15) is 0 Å². The van der Waals surface area contributed by atoms with Crippen molar-refractivity contribution in [3.8, 4) is 5.75 Å². The van der Waals surface area contributed by atoms with Crippen LogP contribution in [0.3, 0.4) is 0 Å². The van der Waals surface area contributed by atoms with Crippen molar-refractivity contribution >= 4 is 5.91 Å². The van der Waals surface area contributed by atoms with Gasteiger partial charge < -0.3 is 14.4 Å². The molecule has 2 aromatic carbocycles. The molecule has 0 aliphatic carbocycles. The second kappa shape index (κ2) is 8.29. The van der Waals surface area contributed by atoms with Gasteiger partial charge in [-0.3, -0.25) is 4.79 Å². The van der Waals surface area contributed by atoms with Crippen LogP contribution in [-0.4, -0.2) is 38.1 Å². The second-order valence-corrected chi connectivity index (χ2v) is 5.14. The second-order valence-electron chi connectivity index (χ2n) is 5.14. The van der Waals surface area contributed by atoms with E-state index in [1.807, 2.05) is 12.1 Å². The number of nitrogens with zero attached hydrogens (tertiary/aromatic N) is 1. The number of benzene rings is 2. The highest BCUT2D eigenvalue weighted by atomic mass is 19.1. The van der Waals surface area contributed by atoms with Crippen molar-refractivity contribution < 1.29 is 18.7 Å². The number of methoxy groups -OCH3 is 1. The first-order valence-electron chi connectivity index (χ1n) is 7.32. The summed E-state index contributed by atoms with van der Waals surface area (Å²) in [5.74, 6) is -0.329. The summed E-state index contributed by atoms with van der Waals surface area (Å²) in [6, 6.07) is 13.5. The summed E-state index contributed by atoms with van der Waals surface area (Å²) in [5.41, 5.74) is 1.53. The predicted molar refractivity (Wildman–Crippen MR) is 86.0 cm³/mol.